The zero-order chi connectivity index (χ0) is 20.0. The number of hydrogen-bond donors (Lipinski definition) is 1. The molecular weight excluding hydrogens is 448 g/mol. The van der Waals surface area contributed by atoms with Gasteiger partial charge in [-0.1, -0.05) is 44.4 Å². The molecule has 0 saturated carbocycles. The third-order valence-corrected chi connectivity index (χ3v) is 7.15. The molecule has 0 spiro atoms. The number of sulfonamides is 1. The number of allylic oxidation sites excluding steroid dienone is 1. The highest BCUT2D eigenvalue weighted by Gasteiger charge is 2.41. The first-order valence-corrected chi connectivity index (χ1v) is 12.9. The normalized spacial score (nSPS) is 25.0. The summed E-state index contributed by atoms with van der Waals surface area (Å²) in [5.74, 6) is 0.797. The van der Waals surface area contributed by atoms with Gasteiger partial charge in [0.25, 0.3) is 0 Å². The minimum atomic E-state index is -3.21. The van der Waals surface area contributed by atoms with Gasteiger partial charge in [0.05, 0.1) is 25.9 Å². The van der Waals surface area contributed by atoms with E-state index in [2.05, 4.69) is 17.7 Å². The number of rotatable bonds is 10. The van der Waals surface area contributed by atoms with Crippen LogP contribution in [0.4, 0.5) is 5.69 Å². The number of nitrogens with one attached hydrogen (secondary N) is 1. The van der Waals surface area contributed by atoms with Gasteiger partial charge in [-0.15, -0.1) is 0 Å². The largest absolute Gasteiger partial charge is 1.00 e. The summed E-state index contributed by atoms with van der Waals surface area (Å²) in [6.07, 6.45) is 14.2. The smallest absolute Gasteiger partial charge is 0.229 e. The molecule has 0 aromatic heterocycles. The van der Waals surface area contributed by atoms with Gasteiger partial charge in [-0.2, -0.15) is 0 Å². The van der Waals surface area contributed by atoms with Crippen molar-refractivity contribution in [3.05, 3.63) is 41.5 Å². The summed E-state index contributed by atoms with van der Waals surface area (Å²) in [5, 5.41) is 0. The molecule has 1 aromatic rings. The second kappa shape index (κ2) is 11.0. The molecule has 3 saturated heterocycles. The molecule has 0 unspecified atom stereocenters. The van der Waals surface area contributed by atoms with Crippen LogP contribution in [0.2, 0.25) is 0 Å². The van der Waals surface area contributed by atoms with Crippen molar-refractivity contribution in [2.24, 2.45) is 5.92 Å². The van der Waals surface area contributed by atoms with Crippen LogP contribution in [0, 0.1) is 5.92 Å². The maximum Gasteiger partial charge on any atom is 0.229 e. The Morgan fingerprint density at radius 1 is 1.07 bits per heavy atom. The summed E-state index contributed by atoms with van der Waals surface area (Å²) in [4.78, 5) is 0. The van der Waals surface area contributed by atoms with Crippen LogP contribution in [0.3, 0.4) is 0 Å². The molecule has 1 aromatic carbocycles. The first-order chi connectivity index (χ1) is 13.4. The van der Waals surface area contributed by atoms with Gasteiger partial charge in [-0.25, -0.2) is 8.42 Å². The Hall–Kier alpha value is -0.850. The minimum Gasteiger partial charge on any atom is -1.00 e. The number of unbranched alkanes of at least 4 members (excludes halogenated alkanes) is 4. The highest BCUT2D eigenvalue weighted by molar-refractivity contribution is 7.92. The van der Waals surface area contributed by atoms with Crippen LogP contribution in [0.5, 0.6) is 0 Å². The Balaban J connectivity index is 0.00000300. The van der Waals surface area contributed by atoms with E-state index in [1.165, 1.54) is 87.4 Å². The number of nitrogens with zero attached hydrogens (tertiary/aromatic N) is 1. The van der Waals surface area contributed by atoms with Crippen molar-refractivity contribution in [1.29, 1.82) is 0 Å². The van der Waals surface area contributed by atoms with Crippen molar-refractivity contribution >= 4 is 15.7 Å². The van der Waals surface area contributed by atoms with Gasteiger partial charge in [0, 0.05) is 18.5 Å². The van der Waals surface area contributed by atoms with Crippen molar-refractivity contribution in [3.63, 3.8) is 0 Å². The molecule has 0 atom stereocenters. The highest BCUT2D eigenvalue weighted by Crippen LogP contribution is 2.38. The van der Waals surface area contributed by atoms with Crippen LogP contribution >= 0.6 is 0 Å². The maximum absolute atomic E-state index is 11.3. The predicted molar refractivity (Wildman–Crippen MR) is 118 cm³/mol. The molecule has 3 aliphatic heterocycles. The number of piperidine rings is 3. The second-order valence-electron chi connectivity index (χ2n) is 8.91. The molecule has 3 aliphatic rings. The molecule has 2 bridgehead atoms. The first-order valence-electron chi connectivity index (χ1n) is 11.0. The van der Waals surface area contributed by atoms with Gasteiger partial charge in [0.2, 0.25) is 10.0 Å². The van der Waals surface area contributed by atoms with E-state index in [0.717, 1.165) is 12.3 Å². The summed E-state index contributed by atoms with van der Waals surface area (Å²) < 4.78 is 26.5. The van der Waals surface area contributed by atoms with Crippen molar-refractivity contribution in [3.8, 4) is 0 Å². The molecule has 4 rings (SSSR count). The Morgan fingerprint density at radius 3 is 2.34 bits per heavy atom. The summed E-state index contributed by atoms with van der Waals surface area (Å²) >= 11 is 0. The van der Waals surface area contributed by atoms with Crippen LogP contribution < -0.4 is 21.7 Å². The van der Waals surface area contributed by atoms with Crippen LogP contribution in [0.1, 0.15) is 57.4 Å². The SMILES string of the molecule is CCCCCCC[N+]12CCC(CC1)C(=CCc1ccc(NS(C)(=O)=O)cc1)C2.[Br-]. The van der Waals surface area contributed by atoms with Crippen LogP contribution in [-0.4, -0.2) is 45.3 Å². The van der Waals surface area contributed by atoms with Gasteiger partial charge < -0.3 is 21.5 Å². The van der Waals surface area contributed by atoms with Gasteiger partial charge in [-0.05, 0) is 48.4 Å². The summed E-state index contributed by atoms with van der Waals surface area (Å²) in [7, 11) is -3.21. The number of halogens is 1. The van der Waals surface area contributed by atoms with Gasteiger partial charge in [0.1, 0.15) is 6.54 Å². The van der Waals surface area contributed by atoms with Crippen molar-refractivity contribution in [2.45, 2.75) is 58.3 Å². The first kappa shape index (κ1) is 24.4. The van der Waals surface area contributed by atoms with Crippen LogP contribution in [-0.2, 0) is 16.4 Å². The maximum atomic E-state index is 11.3. The van der Waals surface area contributed by atoms with Crippen molar-refractivity contribution in [2.75, 3.05) is 37.2 Å². The molecule has 29 heavy (non-hydrogen) atoms. The summed E-state index contributed by atoms with van der Waals surface area (Å²) in [6, 6.07) is 7.78. The molecule has 6 heteroatoms. The quantitative estimate of drug-likeness (QED) is 0.312. The second-order valence-corrected chi connectivity index (χ2v) is 10.7. The lowest BCUT2D eigenvalue weighted by Crippen LogP contribution is -3.00. The van der Waals surface area contributed by atoms with Gasteiger partial charge >= 0.3 is 0 Å². The topological polar surface area (TPSA) is 46.2 Å². The van der Waals surface area contributed by atoms with Crippen LogP contribution in [0.15, 0.2) is 35.9 Å². The zero-order valence-corrected chi connectivity index (χ0v) is 20.4. The van der Waals surface area contributed by atoms with Gasteiger partial charge in [0.15, 0.2) is 0 Å². The van der Waals surface area contributed by atoms with E-state index >= 15 is 0 Å². The predicted octanol–water partition coefficient (Wildman–Crippen LogP) is 1.74. The lowest BCUT2D eigenvalue weighted by Gasteiger charge is -2.50. The number of fused-ring (bicyclic) bond motifs is 3. The molecule has 0 radical (unpaired) electrons. The average molecular weight is 486 g/mol. The van der Waals surface area contributed by atoms with Crippen molar-refractivity contribution in [1.82, 2.24) is 0 Å². The van der Waals surface area contributed by atoms with E-state index < -0.39 is 10.0 Å². The molecule has 164 valence electrons. The molecule has 0 amide bonds. The zero-order valence-electron chi connectivity index (χ0n) is 18.0. The van der Waals surface area contributed by atoms with Gasteiger partial charge in [-0.3, -0.25) is 4.72 Å². The molecule has 1 N–H and O–H groups in total. The van der Waals surface area contributed by atoms with E-state index in [0.29, 0.717) is 5.69 Å². The molecule has 3 fully saturated rings. The molecule has 3 heterocycles. The Labute approximate surface area is 188 Å². The van der Waals surface area contributed by atoms with E-state index in [9.17, 15) is 8.42 Å². The molecule has 4 nitrogen and oxygen atoms in total. The Kier molecular flexibility index (Phi) is 9.23. The number of quaternary nitrogens is 1. The number of anilines is 1. The summed E-state index contributed by atoms with van der Waals surface area (Å²) in [5.41, 5.74) is 3.55. The minimum absolute atomic E-state index is 0. The fraction of sp³-hybridized carbons (Fsp3) is 0.652. The third kappa shape index (κ3) is 7.41. The molecular formula is C23H37BrN2O2S. The highest BCUT2D eigenvalue weighted by atomic mass is 79.9. The number of benzene rings is 1. The third-order valence-electron chi connectivity index (χ3n) is 6.54. The summed E-state index contributed by atoms with van der Waals surface area (Å²) in [6.45, 7) is 7.65. The van der Waals surface area contributed by atoms with E-state index in [1.54, 1.807) is 5.57 Å². The average Bonchev–Trinajstić information content (AvgIpc) is 2.67. The van der Waals surface area contributed by atoms with E-state index in [-0.39, 0.29) is 17.0 Å². The van der Waals surface area contributed by atoms with E-state index in [4.69, 9.17) is 0 Å². The van der Waals surface area contributed by atoms with E-state index in [1.807, 2.05) is 24.3 Å². The van der Waals surface area contributed by atoms with Crippen LogP contribution in [0.25, 0.3) is 0 Å². The fourth-order valence-electron chi connectivity index (χ4n) is 4.92. The lowest BCUT2D eigenvalue weighted by molar-refractivity contribution is -0.936. The fourth-order valence-corrected chi connectivity index (χ4v) is 5.48. The lowest BCUT2D eigenvalue weighted by atomic mass is 9.80. The Bertz CT molecular complexity index is 767. The standard InChI is InChI=1S/C23H37N2O2S.BrH/c1-3-4-5-6-7-16-25-17-14-21(15-18-25)22(19-25)11-8-20-9-12-23(13-10-20)24-28(2,26)27;/h9-13,21,24H,3-8,14-19H2,1-2H3;1H/q+1;/p-1. The van der Waals surface area contributed by atoms with Crippen molar-refractivity contribution < 1.29 is 29.9 Å². The Morgan fingerprint density at radius 2 is 1.72 bits per heavy atom. The molecule has 0 aliphatic carbocycles. The monoisotopic (exact) mass is 484 g/mol. The number of hydrogen-bond acceptors (Lipinski definition) is 2.